The van der Waals surface area contributed by atoms with Crippen LogP contribution in [0.2, 0.25) is 0 Å². The van der Waals surface area contributed by atoms with Crippen LogP contribution in [0.25, 0.3) is 0 Å². The number of benzene rings is 1. The van der Waals surface area contributed by atoms with Crippen molar-refractivity contribution in [1.82, 2.24) is 4.90 Å². The van der Waals surface area contributed by atoms with Crippen LogP contribution >= 0.6 is 11.3 Å². The van der Waals surface area contributed by atoms with Crippen LogP contribution in [0.5, 0.6) is 0 Å². The van der Waals surface area contributed by atoms with Gasteiger partial charge in [-0.1, -0.05) is 0 Å². The molecule has 0 atom stereocenters. The van der Waals surface area contributed by atoms with Crippen molar-refractivity contribution in [3.63, 3.8) is 0 Å². The molecule has 24 heavy (non-hydrogen) atoms. The number of rotatable bonds is 4. The number of amides is 2. The van der Waals surface area contributed by atoms with E-state index in [1.807, 2.05) is 6.07 Å². The highest BCUT2D eigenvalue weighted by Crippen LogP contribution is 2.30. The van der Waals surface area contributed by atoms with Crippen molar-refractivity contribution in [3.05, 3.63) is 51.5 Å². The first-order valence-electron chi connectivity index (χ1n) is 7.95. The summed E-state index contributed by atoms with van der Waals surface area (Å²) in [6.45, 7) is -0.0429. The van der Waals surface area contributed by atoms with Gasteiger partial charge in [-0.2, -0.15) is 0 Å². The lowest BCUT2D eigenvalue weighted by molar-refractivity contribution is -0.116. The van der Waals surface area contributed by atoms with E-state index in [-0.39, 0.29) is 24.2 Å². The minimum absolute atomic E-state index is 0.0429. The van der Waals surface area contributed by atoms with E-state index in [2.05, 4.69) is 5.32 Å². The summed E-state index contributed by atoms with van der Waals surface area (Å²) in [5.74, 6) is -0.801. The summed E-state index contributed by atoms with van der Waals surface area (Å²) in [6.07, 6.45) is 4.43. The zero-order valence-corrected chi connectivity index (χ0v) is 14.3. The summed E-state index contributed by atoms with van der Waals surface area (Å²) >= 11 is 1.54. The number of likely N-dealkylation sites (N-methyl/N-ethyl adjacent to an activating group) is 1. The van der Waals surface area contributed by atoms with Gasteiger partial charge in [0.1, 0.15) is 5.82 Å². The first kappa shape index (κ1) is 16.6. The van der Waals surface area contributed by atoms with Crippen LogP contribution in [0, 0.1) is 5.82 Å². The lowest BCUT2D eigenvalue weighted by Gasteiger charge is -2.16. The molecule has 1 heterocycles. The number of anilines is 1. The predicted octanol–water partition coefficient (Wildman–Crippen LogP) is 3.48. The second kappa shape index (κ2) is 7.13. The molecule has 1 N–H and O–H groups in total. The summed E-state index contributed by atoms with van der Waals surface area (Å²) in [4.78, 5) is 28.0. The van der Waals surface area contributed by atoms with Crippen molar-refractivity contribution >= 4 is 28.8 Å². The fraction of sp³-hybridized carbons (Fsp3) is 0.333. The number of aryl methyl sites for hydroxylation is 2. The Morgan fingerprint density at radius 2 is 1.92 bits per heavy atom. The molecule has 1 aliphatic carbocycles. The highest BCUT2D eigenvalue weighted by atomic mass is 32.1. The van der Waals surface area contributed by atoms with E-state index in [0.29, 0.717) is 10.6 Å². The summed E-state index contributed by atoms with van der Waals surface area (Å²) < 4.78 is 12.9. The van der Waals surface area contributed by atoms with Crippen molar-refractivity contribution in [2.75, 3.05) is 18.9 Å². The van der Waals surface area contributed by atoms with E-state index in [1.165, 1.54) is 63.8 Å². The van der Waals surface area contributed by atoms with E-state index < -0.39 is 0 Å². The van der Waals surface area contributed by atoms with E-state index in [0.717, 1.165) is 12.8 Å². The molecule has 3 rings (SSSR count). The number of carbonyl (C=O) groups is 2. The largest absolute Gasteiger partial charge is 0.332 e. The van der Waals surface area contributed by atoms with Gasteiger partial charge in [-0.3, -0.25) is 9.59 Å². The monoisotopic (exact) mass is 346 g/mol. The second-order valence-electron chi connectivity index (χ2n) is 5.98. The molecule has 2 aromatic rings. The van der Waals surface area contributed by atoms with Gasteiger partial charge in [-0.05, 0) is 61.6 Å². The van der Waals surface area contributed by atoms with Crippen LogP contribution in [-0.4, -0.2) is 30.3 Å². The summed E-state index contributed by atoms with van der Waals surface area (Å²) in [7, 11) is 1.62. The van der Waals surface area contributed by atoms with Gasteiger partial charge < -0.3 is 10.2 Å². The minimum Gasteiger partial charge on any atom is -0.332 e. The molecule has 0 bridgehead atoms. The number of carbonyl (C=O) groups excluding carboxylic acids is 2. The maximum Gasteiger partial charge on any atom is 0.264 e. The van der Waals surface area contributed by atoms with E-state index >= 15 is 0 Å². The van der Waals surface area contributed by atoms with Gasteiger partial charge in [0.05, 0.1) is 11.4 Å². The number of thiophene rings is 1. The van der Waals surface area contributed by atoms with Gasteiger partial charge >= 0.3 is 0 Å². The molecule has 4 nitrogen and oxygen atoms in total. The molecular formula is C18H19FN2O2S. The quantitative estimate of drug-likeness (QED) is 0.921. The highest BCUT2D eigenvalue weighted by molar-refractivity contribution is 7.14. The third kappa shape index (κ3) is 3.82. The summed E-state index contributed by atoms with van der Waals surface area (Å²) in [6, 6.07) is 7.50. The Morgan fingerprint density at radius 1 is 1.21 bits per heavy atom. The molecule has 2 amide bonds. The molecule has 6 heteroatoms. The molecule has 0 saturated carbocycles. The Kier molecular flexibility index (Phi) is 4.94. The van der Waals surface area contributed by atoms with E-state index in [9.17, 15) is 14.0 Å². The smallest absolute Gasteiger partial charge is 0.264 e. The van der Waals surface area contributed by atoms with Crippen molar-refractivity contribution in [2.24, 2.45) is 0 Å². The Bertz CT molecular complexity index is 731. The molecule has 0 spiro atoms. The zero-order chi connectivity index (χ0) is 17.1. The van der Waals surface area contributed by atoms with Gasteiger partial charge in [-0.25, -0.2) is 4.39 Å². The molecule has 126 valence electrons. The Balaban J connectivity index is 1.60. The van der Waals surface area contributed by atoms with E-state index in [1.54, 1.807) is 7.05 Å². The van der Waals surface area contributed by atoms with Gasteiger partial charge in [0.25, 0.3) is 5.91 Å². The summed E-state index contributed by atoms with van der Waals surface area (Å²) in [5, 5.41) is 2.66. The first-order chi connectivity index (χ1) is 11.5. The van der Waals surface area contributed by atoms with Crippen molar-refractivity contribution in [3.8, 4) is 0 Å². The third-order valence-electron chi connectivity index (χ3n) is 4.06. The minimum atomic E-state index is -0.359. The average molecular weight is 346 g/mol. The Hall–Kier alpha value is -2.21. The SMILES string of the molecule is CN(CC(=O)Nc1ccc(F)cc1)C(=O)c1cc2c(s1)CCCC2. The van der Waals surface area contributed by atoms with Crippen molar-refractivity contribution in [2.45, 2.75) is 25.7 Å². The molecule has 0 aliphatic heterocycles. The fourth-order valence-electron chi connectivity index (χ4n) is 2.81. The molecule has 1 aromatic carbocycles. The number of halogens is 1. The standard InChI is InChI=1S/C18H19FN2O2S/c1-21(11-17(22)20-14-8-6-13(19)7-9-14)18(23)16-10-12-4-2-3-5-15(12)24-16/h6-10H,2-5,11H2,1H3,(H,20,22). The first-order valence-corrected chi connectivity index (χ1v) is 8.77. The molecule has 0 radical (unpaired) electrons. The number of hydrogen-bond donors (Lipinski definition) is 1. The molecule has 0 fully saturated rings. The van der Waals surface area contributed by atoms with E-state index in [4.69, 9.17) is 0 Å². The van der Waals surface area contributed by atoms with Crippen LogP contribution in [0.4, 0.5) is 10.1 Å². The fourth-order valence-corrected chi connectivity index (χ4v) is 4.05. The molecule has 0 unspecified atom stereocenters. The van der Waals surface area contributed by atoms with Crippen LogP contribution in [-0.2, 0) is 17.6 Å². The molecular weight excluding hydrogens is 327 g/mol. The number of nitrogens with zero attached hydrogens (tertiary/aromatic N) is 1. The highest BCUT2D eigenvalue weighted by Gasteiger charge is 2.21. The van der Waals surface area contributed by atoms with Gasteiger partial charge in [0.2, 0.25) is 5.91 Å². The Labute approximate surface area is 144 Å². The lowest BCUT2D eigenvalue weighted by Crippen LogP contribution is -2.34. The number of nitrogens with one attached hydrogen (secondary N) is 1. The number of hydrogen-bond acceptors (Lipinski definition) is 3. The summed E-state index contributed by atoms with van der Waals surface area (Å²) in [5.41, 5.74) is 1.78. The van der Waals surface area contributed by atoms with Gasteiger partial charge in [-0.15, -0.1) is 11.3 Å². The number of fused-ring (bicyclic) bond motifs is 1. The van der Waals surface area contributed by atoms with Crippen LogP contribution in [0.1, 0.15) is 33.0 Å². The average Bonchev–Trinajstić information content (AvgIpc) is 3.00. The molecule has 0 saturated heterocycles. The Morgan fingerprint density at radius 3 is 2.62 bits per heavy atom. The molecule has 1 aromatic heterocycles. The van der Waals surface area contributed by atoms with Gasteiger partial charge in [0.15, 0.2) is 0 Å². The maximum atomic E-state index is 12.9. The zero-order valence-electron chi connectivity index (χ0n) is 13.5. The van der Waals surface area contributed by atoms with Crippen molar-refractivity contribution in [1.29, 1.82) is 0 Å². The van der Waals surface area contributed by atoms with Crippen LogP contribution in [0.15, 0.2) is 30.3 Å². The second-order valence-corrected chi connectivity index (χ2v) is 7.12. The molecule has 1 aliphatic rings. The lowest BCUT2D eigenvalue weighted by atomic mass is 9.99. The van der Waals surface area contributed by atoms with Crippen LogP contribution < -0.4 is 5.32 Å². The van der Waals surface area contributed by atoms with Gasteiger partial charge in [0, 0.05) is 17.6 Å². The maximum absolute atomic E-state index is 12.9. The van der Waals surface area contributed by atoms with Crippen LogP contribution in [0.3, 0.4) is 0 Å². The van der Waals surface area contributed by atoms with Crippen molar-refractivity contribution < 1.29 is 14.0 Å². The third-order valence-corrected chi connectivity index (χ3v) is 5.29. The topological polar surface area (TPSA) is 49.4 Å². The predicted molar refractivity (Wildman–Crippen MR) is 93.0 cm³/mol. The normalized spacial score (nSPS) is 13.2.